The third-order valence-electron chi connectivity index (χ3n) is 4.83. The molecular formula is C21H29F6N5O6. The molecule has 0 bridgehead atoms. The van der Waals surface area contributed by atoms with E-state index in [9.17, 15) is 26.3 Å². The lowest BCUT2D eigenvalue weighted by atomic mass is 9.98. The van der Waals surface area contributed by atoms with Crippen molar-refractivity contribution in [2.75, 3.05) is 40.4 Å². The minimum Gasteiger partial charge on any atom is -0.475 e. The number of ether oxygens (including phenoxy) is 1. The third kappa shape index (κ3) is 11.5. The molecule has 0 aromatic carbocycles. The summed E-state index contributed by atoms with van der Waals surface area (Å²) in [5.41, 5.74) is 2.30. The van der Waals surface area contributed by atoms with Crippen molar-refractivity contribution in [1.29, 1.82) is 0 Å². The molecule has 38 heavy (non-hydrogen) atoms. The highest BCUT2D eigenvalue weighted by Crippen LogP contribution is 2.28. The van der Waals surface area contributed by atoms with Crippen LogP contribution in [0.3, 0.4) is 0 Å². The second-order valence-electron chi connectivity index (χ2n) is 8.17. The summed E-state index contributed by atoms with van der Waals surface area (Å²) in [4.78, 5) is 22.3. The van der Waals surface area contributed by atoms with Crippen LogP contribution in [0, 0.1) is 0 Å². The van der Waals surface area contributed by atoms with Crippen molar-refractivity contribution in [3.63, 3.8) is 0 Å². The number of halogens is 6. The van der Waals surface area contributed by atoms with Crippen molar-refractivity contribution >= 4 is 11.9 Å². The quantitative estimate of drug-likeness (QED) is 0.366. The minimum absolute atomic E-state index is 0.292. The number of carboxylic acids is 2. The van der Waals surface area contributed by atoms with Gasteiger partial charge in [-0.25, -0.2) is 14.3 Å². The summed E-state index contributed by atoms with van der Waals surface area (Å²) in [5.74, 6) is -4.24. The SMILES string of the molecule is CCn1nnc2c1C(COCCN(C)C)CN(Cc1ccco1)C2.O=C(O)C(F)(F)F.O=C(O)C(F)(F)F. The number of furan rings is 1. The van der Waals surface area contributed by atoms with Crippen LogP contribution >= 0.6 is 0 Å². The molecule has 0 spiro atoms. The average molecular weight is 561 g/mol. The number of nitrogens with zero attached hydrogens (tertiary/aromatic N) is 5. The first kappa shape index (κ1) is 32.8. The monoisotopic (exact) mass is 561 g/mol. The molecule has 216 valence electrons. The zero-order chi connectivity index (χ0) is 29.1. The van der Waals surface area contributed by atoms with Gasteiger partial charge in [-0.05, 0) is 33.2 Å². The Bertz CT molecular complexity index is 970. The van der Waals surface area contributed by atoms with Crippen molar-refractivity contribution < 1.29 is 55.3 Å². The zero-order valence-electron chi connectivity index (χ0n) is 20.8. The van der Waals surface area contributed by atoms with Crippen molar-refractivity contribution in [3.8, 4) is 0 Å². The number of alkyl halides is 6. The van der Waals surface area contributed by atoms with Crippen molar-refractivity contribution in [2.24, 2.45) is 0 Å². The Kier molecular flexibility index (Phi) is 12.7. The molecule has 1 aliphatic rings. The highest BCUT2D eigenvalue weighted by molar-refractivity contribution is 5.73. The van der Waals surface area contributed by atoms with Crippen LogP contribution in [0.25, 0.3) is 0 Å². The maximum Gasteiger partial charge on any atom is 0.490 e. The summed E-state index contributed by atoms with van der Waals surface area (Å²) in [6.07, 6.45) is -8.44. The van der Waals surface area contributed by atoms with E-state index in [1.165, 1.54) is 5.69 Å². The van der Waals surface area contributed by atoms with E-state index in [0.29, 0.717) is 12.5 Å². The van der Waals surface area contributed by atoms with Crippen LogP contribution in [-0.2, 0) is 34.0 Å². The number of aliphatic carboxylic acids is 2. The van der Waals surface area contributed by atoms with Gasteiger partial charge >= 0.3 is 24.3 Å². The molecule has 0 amide bonds. The topological polar surface area (TPSA) is 134 Å². The van der Waals surface area contributed by atoms with E-state index in [4.69, 9.17) is 29.0 Å². The molecule has 0 aliphatic carbocycles. The third-order valence-corrected chi connectivity index (χ3v) is 4.83. The molecule has 11 nitrogen and oxygen atoms in total. The standard InChI is InChI=1S/C17H27N5O2.2C2HF3O2/c1-4-22-17-14(13-23-9-7-20(2)3)10-21(12-16(17)18-19-22)11-15-6-5-8-24-15;2*3-2(4,5)1(6)7/h5-6,8,14H,4,7,9-13H2,1-3H3;2*(H,6,7). The van der Waals surface area contributed by atoms with Gasteiger partial charge in [-0.2, -0.15) is 26.3 Å². The van der Waals surface area contributed by atoms with Crippen LogP contribution in [0.15, 0.2) is 22.8 Å². The van der Waals surface area contributed by atoms with Crippen LogP contribution in [0.1, 0.15) is 30.0 Å². The molecule has 2 aromatic rings. The van der Waals surface area contributed by atoms with Crippen molar-refractivity contribution in [1.82, 2.24) is 24.8 Å². The maximum atomic E-state index is 10.6. The Hall–Kier alpha value is -3.18. The first-order valence-corrected chi connectivity index (χ1v) is 11.1. The molecule has 17 heteroatoms. The number of hydrogen-bond acceptors (Lipinski definition) is 8. The number of carbonyl (C=O) groups is 2. The largest absolute Gasteiger partial charge is 0.490 e. The Balaban J connectivity index is 0.000000426. The molecule has 0 fully saturated rings. The van der Waals surface area contributed by atoms with Gasteiger partial charge in [-0.3, -0.25) is 4.90 Å². The van der Waals surface area contributed by atoms with E-state index in [1.54, 1.807) is 6.26 Å². The molecule has 3 rings (SSSR count). The molecule has 1 aliphatic heterocycles. The predicted octanol–water partition coefficient (Wildman–Crippen LogP) is 2.84. The maximum absolute atomic E-state index is 10.6. The number of fused-ring (bicyclic) bond motifs is 1. The molecular weight excluding hydrogens is 532 g/mol. The van der Waals surface area contributed by atoms with Gasteiger partial charge < -0.3 is 24.3 Å². The van der Waals surface area contributed by atoms with E-state index >= 15 is 0 Å². The lowest BCUT2D eigenvalue weighted by molar-refractivity contribution is -0.193. The summed E-state index contributed by atoms with van der Waals surface area (Å²) in [6.45, 7) is 7.85. The van der Waals surface area contributed by atoms with E-state index < -0.39 is 24.3 Å². The molecule has 3 heterocycles. The average Bonchev–Trinajstić information content (AvgIpc) is 3.45. The summed E-state index contributed by atoms with van der Waals surface area (Å²) in [7, 11) is 4.12. The summed E-state index contributed by atoms with van der Waals surface area (Å²) >= 11 is 0. The Labute approximate surface area is 213 Å². The molecule has 0 saturated heterocycles. The molecule has 2 aromatic heterocycles. The summed E-state index contributed by atoms with van der Waals surface area (Å²) in [6, 6.07) is 3.95. The molecule has 0 radical (unpaired) electrons. The van der Waals surface area contributed by atoms with Gasteiger partial charge in [0, 0.05) is 32.1 Å². The van der Waals surface area contributed by atoms with Crippen LogP contribution in [-0.4, -0.2) is 99.7 Å². The second kappa shape index (κ2) is 14.7. The number of carboxylic acid groups (broad SMARTS) is 2. The van der Waals surface area contributed by atoms with Gasteiger partial charge in [-0.1, -0.05) is 5.21 Å². The van der Waals surface area contributed by atoms with Crippen molar-refractivity contribution in [2.45, 2.75) is 44.8 Å². The summed E-state index contributed by atoms with van der Waals surface area (Å²) in [5, 5.41) is 22.9. The van der Waals surface area contributed by atoms with Gasteiger partial charge in [0.2, 0.25) is 0 Å². The van der Waals surface area contributed by atoms with Crippen LogP contribution in [0.2, 0.25) is 0 Å². The van der Waals surface area contributed by atoms with Gasteiger partial charge in [0.1, 0.15) is 11.5 Å². The van der Waals surface area contributed by atoms with Gasteiger partial charge in [0.05, 0.1) is 31.7 Å². The van der Waals surface area contributed by atoms with Gasteiger partial charge in [0.15, 0.2) is 0 Å². The first-order valence-electron chi connectivity index (χ1n) is 11.1. The van der Waals surface area contributed by atoms with Crippen molar-refractivity contribution in [3.05, 3.63) is 35.5 Å². The minimum atomic E-state index is -5.08. The number of rotatable bonds is 8. The number of aromatic nitrogens is 3. The van der Waals surface area contributed by atoms with Crippen LogP contribution in [0.4, 0.5) is 26.3 Å². The van der Waals surface area contributed by atoms with Crippen LogP contribution in [0.5, 0.6) is 0 Å². The Morgan fingerprint density at radius 2 is 1.74 bits per heavy atom. The first-order chi connectivity index (χ1) is 17.6. The van der Waals surface area contributed by atoms with E-state index in [1.807, 2.05) is 16.8 Å². The molecule has 1 atom stereocenters. The van der Waals surface area contributed by atoms with E-state index in [2.05, 4.69) is 41.1 Å². The summed E-state index contributed by atoms with van der Waals surface area (Å²) < 4.78 is 76.9. The normalized spacial score (nSPS) is 15.7. The lowest BCUT2D eigenvalue weighted by Crippen LogP contribution is -2.36. The fourth-order valence-corrected chi connectivity index (χ4v) is 3.17. The molecule has 1 unspecified atom stereocenters. The fourth-order valence-electron chi connectivity index (χ4n) is 3.17. The highest BCUT2D eigenvalue weighted by atomic mass is 19.4. The highest BCUT2D eigenvalue weighted by Gasteiger charge is 2.39. The van der Waals surface area contributed by atoms with Crippen LogP contribution < -0.4 is 0 Å². The lowest BCUT2D eigenvalue weighted by Gasteiger charge is -2.31. The number of likely N-dealkylation sites (N-methyl/N-ethyl adjacent to an activating group) is 1. The number of hydrogen-bond donors (Lipinski definition) is 2. The Morgan fingerprint density at radius 3 is 2.18 bits per heavy atom. The molecule has 0 saturated carbocycles. The van der Waals surface area contributed by atoms with Gasteiger partial charge in [0.25, 0.3) is 0 Å². The second-order valence-corrected chi connectivity index (χ2v) is 8.17. The number of aryl methyl sites for hydroxylation is 1. The fraction of sp³-hybridized carbons (Fsp3) is 0.619. The van der Waals surface area contributed by atoms with E-state index in [-0.39, 0.29) is 0 Å². The zero-order valence-corrected chi connectivity index (χ0v) is 20.8. The van der Waals surface area contributed by atoms with Gasteiger partial charge in [-0.15, -0.1) is 5.10 Å². The molecule has 2 N–H and O–H groups in total. The predicted molar refractivity (Wildman–Crippen MR) is 118 cm³/mol. The smallest absolute Gasteiger partial charge is 0.475 e. The Morgan fingerprint density at radius 1 is 1.16 bits per heavy atom. The van der Waals surface area contributed by atoms with E-state index in [0.717, 1.165) is 50.8 Å².